The van der Waals surface area contributed by atoms with Gasteiger partial charge in [-0.1, -0.05) is 0 Å². The molecule has 6 nitrogen and oxygen atoms in total. The Kier molecular flexibility index (Phi) is 4.32. The van der Waals surface area contributed by atoms with Gasteiger partial charge in [0.25, 0.3) is 0 Å². The van der Waals surface area contributed by atoms with Crippen molar-refractivity contribution in [3.8, 4) is 5.75 Å². The van der Waals surface area contributed by atoms with E-state index >= 15 is 0 Å². The van der Waals surface area contributed by atoms with Gasteiger partial charge >= 0.3 is 13.5 Å². The number of rotatable bonds is 6. The molecule has 0 bridgehead atoms. The lowest BCUT2D eigenvalue weighted by Gasteiger charge is -2.24. The molecule has 1 atom stereocenters. The van der Waals surface area contributed by atoms with E-state index in [1.165, 1.54) is 0 Å². The number of aryl methyl sites for hydroxylation is 1. The molecule has 1 unspecified atom stereocenters. The largest absolute Gasteiger partial charge is 0.494 e. The summed E-state index contributed by atoms with van der Waals surface area (Å²) in [5, 5.41) is 27.9. The zero-order valence-corrected chi connectivity index (χ0v) is 11.3. The second-order valence-electron chi connectivity index (χ2n) is 4.84. The zero-order valence-electron chi connectivity index (χ0n) is 11.3. The fourth-order valence-corrected chi connectivity index (χ4v) is 2.45. The van der Waals surface area contributed by atoms with Gasteiger partial charge in [0.1, 0.15) is 12.2 Å². The van der Waals surface area contributed by atoms with Gasteiger partial charge in [-0.15, -0.1) is 0 Å². The summed E-state index contributed by atoms with van der Waals surface area (Å²) in [5.74, 6) is -2.27. The Morgan fingerprint density at radius 3 is 2.90 bits per heavy atom. The molecular formula is C13H17BO6. The maximum atomic E-state index is 10.8. The van der Waals surface area contributed by atoms with Gasteiger partial charge in [-0.05, 0) is 30.1 Å². The summed E-state index contributed by atoms with van der Waals surface area (Å²) < 4.78 is 10.8. The average molecular weight is 280 g/mol. The molecule has 0 amide bonds. The third-order valence-corrected chi connectivity index (χ3v) is 3.21. The summed E-state index contributed by atoms with van der Waals surface area (Å²) in [4.78, 5) is 10.8. The number of carboxylic acids is 1. The highest BCUT2D eigenvalue weighted by Gasteiger charge is 2.42. The Balaban J connectivity index is 2.25. The number of hydrogen-bond acceptors (Lipinski definition) is 5. The van der Waals surface area contributed by atoms with Crippen molar-refractivity contribution in [1.29, 1.82) is 0 Å². The molecule has 1 aromatic carbocycles. The van der Waals surface area contributed by atoms with Crippen LogP contribution >= 0.6 is 0 Å². The first-order valence-electron chi connectivity index (χ1n) is 6.42. The fraction of sp³-hybridized carbons (Fsp3) is 0.462. The van der Waals surface area contributed by atoms with Crippen LogP contribution in [-0.4, -0.2) is 42.0 Å². The van der Waals surface area contributed by atoms with Crippen molar-refractivity contribution in [2.24, 2.45) is 0 Å². The first kappa shape index (κ1) is 14.8. The van der Waals surface area contributed by atoms with Crippen LogP contribution in [0.5, 0.6) is 5.75 Å². The number of hydrogen-bond donors (Lipinski definition) is 3. The van der Waals surface area contributed by atoms with Crippen LogP contribution in [0.3, 0.4) is 0 Å². The molecule has 0 spiro atoms. The first-order chi connectivity index (χ1) is 9.46. The summed E-state index contributed by atoms with van der Waals surface area (Å²) in [5.41, 5.74) is 1.96. The van der Waals surface area contributed by atoms with E-state index in [4.69, 9.17) is 19.6 Å². The van der Waals surface area contributed by atoms with E-state index in [-0.39, 0.29) is 14.1 Å². The van der Waals surface area contributed by atoms with E-state index in [1.807, 2.05) is 0 Å². The van der Waals surface area contributed by atoms with Gasteiger partial charge in [0.05, 0.1) is 6.61 Å². The Bertz CT molecular complexity index is 518. The molecular weight excluding hydrogens is 263 g/mol. The molecule has 0 saturated heterocycles. The second kappa shape index (κ2) is 5.82. The van der Waals surface area contributed by atoms with Crippen LogP contribution < -0.4 is 10.2 Å². The van der Waals surface area contributed by atoms with E-state index < -0.39 is 18.2 Å². The van der Waals surface area contributed by atoms with E-state index in [2.05, 4.69) is 0 Å². The first-order valence-corrected chi connectivity index (χ1v) is 6.42. The quantitative estimate of drug-likeness (QED) is 0.475. The van der Waals surface area contributed by atoms with Gasteiger partial charge < -0.3 is 24.7 Å². The molecule has 1 aromatic rings. The number of benzene rings is 1. The second-order valence-corrected chi connectivity index (χ2v) is 4.84. The standard InChI is InChI=1S/C13H17BO6/c1-8-5-9(19-4-2-3-15)6-10-12(8)13(18,20-14-10)7-11(16)17/h5-6,14-15,18H,2-4,7H2,1H3,(H,16,17). The number of aliphatic hydroxyl groups excluding tert-OH is 1. The van der Waals surface area contributed by atoms with Gasteiger partial charge in [0, 0.05) is 18.6 Å². The molecule has 20 heavy (non-hydrogen) atoms. The highest BCUT2D eigenvalue weighted by Crippen LogP contribution is 2.33. The molecule has 0 aromatic heterocycles. The lowest BCUT2D eigenvalue weighted by atomic mass is 9.83. The number of carbonyl (C=O) groups is 1. The lowest BCUT2D eigenvalue weighted by molar-refractivity contribution is -0.170. The third-order valence-electron chi connectivity index (χ3n) is 3.21. The van der Waals surface area contributed by atoms with Crippen molar-refractivity contribution in [3.05, 3.63) is 23.3 Å². The van der Waals surface area contributed by atoms with Crippen LogP contribution in [0.4, 0.5) is 0 Å². The van der Waals surface area contributed by atoms with Gasteiger partial charge in [-0.2, -0.15) is 0 Å². The van der Waals surface area contributed by atoms with Crippen molar-refractivity contribution in [1.82, 2.24) is 0 Å². The summed E-state index contributed by atoms with van der Waals surface area (Å²) in [6, 6.07) is 3.47. The Morgan fingerprint density at radius 2 is 2.25 bits per heavy atom. The predicted octanol–water partition coefficient (Wildman–Crippen LogP) is -0.617. The monoisotopic (exact) mass is 280 g/mol. The number of aliphatic carboxylic acids is 1. The van der Waals surface area contributed by atoms with Crippen molar-refractivity contribution in [2.45, 2.75) is 25.6 Å². The van der Waals surface area contributed by atoms with Crippen LogP contribution in [0.25, 0.3) is 0 Å². The molecule has 0 aliphatic carbocycles. The van der Waals surface area contributed by atoms with Crippen molar-refractivity contribution in [2.75, 3.05) is 13.2 Å². The Morgan fingerprint density at radius 1 is 1.50 bits per heavy atom. The maximum Gasteiger partial charge on any atom is 0.313 e. The van der Waals surface area contributed by atoms with Crippen LogP contribution in [0.1, 0.15) is 24.0 Å². The number of aliphatic hydroxyl groups is 2. The summed E-state index contributed by atoms with van der Waals surface area (Å²) in [6.07, 6.45) is 0.0428. The molecule has 1 aliphatic heterocycles. The highest BCUT2D eigenvalue weighted by atomic mass is 16.6. The Hall–Kier alpha value is -1.57. The molecule has 2 rings (SSSR count). The van der Waals surface area contributed by atoms with Crippen LogP contribution in [-0.2, 0) is 15.2 Å². The SMILES string of the molecule is Cc1cc(OCCCO)cc2c1C(O)(CC(=O)O)OB2. The van der Waals surface area contributed by atoms with Crippen LogP contribution in [0.15, 0.2) is 12.1 Å². The smallest absolute Gasteiger partial charge is 0.313 e. The summed E-state index contributed by atoms with van der Waals surface area (Å²) in [7, 11) is 0.150. The van der Waals surface area contributed by atoms with E-state index in [0.717, 1.165) is 11.0 Å². The minimum absolute atomic E-state index is 0.0609. The molecule has 3 N–H and O–H groups in total. The number of fused-ring (bicyclic) bond motifs is 1. The molecule has 0 fully saturated rings. The number of carboxylic acid groups (broad SMARTS) is 1. The van der Waals surface area contributed by atoms with Gasteiger partial charge in [0.2, 0.25) is 0 Å². The number of ether oxygens (including phenoxy) is 1. The summed E-state index contributed by atoms with van der Waals surface area (Å²) in [6.45, 7) is 2.24. The summed E-state index contributed by atoms with van der Waals surface area (Å²) >= 11 is 0. The Labute approximate surface area is 117 Å². The topological polar surface area (TPSA) is 96.2 Å². The molecule has 1 heterocycles. The van der Waals surface area contributed by atoms with Crippen LogP contribution in [0, 0.1) is 6.92 Å². The van der Waals surface area contributed by atoms with E-state index in [0.29, 0.717) is 24.3 Å². The fourth-order valence-electron chi connectivity index (χ4n) is 2.45. The van der Waals surface area contributed by atoms with Gasteiger partial charge in [-0.3, -0.25) is 4.79 Å². The predicted molar refractivity (Wildman–Crippen MR) is 72.4 cm³/mol. The van der Waals surface area contributed by atoms with Crippen molar-refractivity contribution < 1.29 is 29.5 Å². The normalized spacial score (nSPS) is 20.4. The molecule has 0 saturated carbocycles. The minimum Gasteiger partial charge on any atom is -0.494 e. The highest BCUT2D eigenvalue weighted by molar-refractivity contribution is 6.49. The van der Waals surface area contributed by atoms with E-state index in [1.54, 1.807) is 19.1 Å². The zero-order chi connectivity index (χ0) is 14.8. The molecule has 1 aliphatic rings. The average Bonchev–Trinajstić information content (AvgIpc) is 2.66. The van der Waals surface area contributed by atoms with Crippen LogP contribution in [0.2, 0.25) is 0 Å². The molecule has 108 valence electrons. The minimum atomic E-state index is -1.77. The molecule has 0 radical (unpaired) electrons. The molecule has 7 heteroatoms. The van der Waals surface area contributed by atoms with Crippen molar-refractivity contribution in [3.63, 3.8) is 0 Å². The third kappa shape index (κ3) is 2.95. The van der Waals surface area contributed by atoms with Gasteiger partial charge in [0.15, 0.2) is 5.79 Å². The van der Waals surface area contributed by atoms with Gasteiger partial charge in [-0.25, -0.2) is 0 Å². The van der Waals surface area contributed by atoms with E-state index in [9.17, 15) is 9.90 Å². The van der Waals surface area contributed by atoms with Crippen molar-refractivity contribution >= 4 is 18.9 Å². The lowest BCUT2D eigenvalue weighted by Crippen LogP contribution is -2.30. The maximum absolute atomic E-state index is 10.8.